The molecule has 2 aromatic rings. The fraction of sp³-hybridized carbons (Fsp3) is 0.400. The summed E-state index contributed by atoms with van der Waals surface area (Å²) in [5.74, 6) is 0.682. The lowest BCUT2D eigenvalue weighted by Gasteiger charge is -2.15. The van der Waals surface area contributed by atoms with E-state index in [1.165, 1.54) is 18.9 Å². The van der Waals surface area contributed by atoms with Gasteiger partial charge in [-0.05, 0) is 36.7 Å². The Kier molecular flexibility index (Phi) is 10.4. The van der Waals surface area contributed by atoms with Crippen LogP contribution in [0.15, 0.2) is 36.4 Å². The van der Waals surface area contributed by atoms with Gasteiger partial charge in [-0.25, -0.2) is 4.39 Å². The van der Waals surface area contributed by atoms with Crippen LogP contribution in [0.3, 0.4) is 0 Å². The summed E-state index contributed by atoms with van der Waals surface area (Å²) in [5, 5.41) is 3.85. The number of methoxy groups -OCH3 is 1. The first-order chi connectivity index (χ1) is 12.2. The Hall–Kier alpha value is -1.49. The maximum Gasteiger partial charge on any atom is 0.180 e. The van der Waals surface area contributed by atoms with E-state index in [0.29, 0.717) is 28.6 Å². The summed E-state index contributed by atoms with van der Waals surface area (Å²) >= 11 is 6.36. The highest BCUT2D eigenvalue weighted by molar-refractivity contribution is 6.32. The molecule has 0 aliphatic carbocycles. The van der Waals surface area contributed by atoms with Crippen molar-refractivity contribution in [2.24, 2.45) is 0 Å². The molecule has 0 aliphatic heterocycles. The van der Waals surface area contributed by atoms with Crippen molar-refractivity contribution in [1.29, 1.82) is 0 Å². The van der Waals surface area contributed by atoms with Crippen LogP contribution >= 0.6 is 24.0 Å². The topological polar surface area (TPSA) is 30.5 Å². The largest absolute Gasteiger partial charge is 0.493 e. The van der Waals surface area contributed by atoms with Crippen molar-refractivity contribution in [2.45, 2.75) is 39.3 Å². The molecule has 0 atom stereocenters. The van der Waals surface area contributed by atoms with Crippen LogP contribution in [-0.4, -0.2) is 13.7 Å². The molecular formula is C20H26Cl2FNO2. The molecule has 0 aliphatic rings. The molecule has 2 aromatic carbocycles. The molecule has 0 radical (unpaired) electrons. The number of rotatable bonds is 10. The molecule has 0 unspecified atom stereocenters. The molecule has 6 heteroatoms. The van der Waals surface area contributed by atoms with E-state index in [1.807, 2.05) is 12.1 Å². The first-order valence-corrected chi connectivity index (χ1v) is 8.96. The van der Waals surface area contributed by atoms with Crippen molar-refractivity contribution in [3.8, 4) is 11.5 Å². The van der Waals surface area contributed by atoms with Crippen LogP contribution < -0.4 is 14.8 Å². The van der Waals surface area contributed by atoms with Gasteiger partial charge in [-0.1, -0.05) is 49.6 Å². The molecule has 3 nitrogen and oxygen atoms in total. The van der Waals surface area contributed by atoms with Gasteiger partial charge in [0.1, 0.15) is 12.4 Å². The smallest absolute Gasteiger partial charge is 0.180 e. The zero-order valence-corrected chi connectivity index (χ0v) is 16.8. The summed E-state index contributed by atoms with van der Waals surface area (Å²) < 4.78 is 24.8. The SMILES string of the molecule is CCCCCNCc1cc(Cl)c(OCc2ccccc2F)c(OC)c1.Cl. The number of hydrogen-bond acceptors (Lipinski definition) is 3. The third-order valence-electron chi connectivity index (χ3n) is 3.91. The fourth-order valence-electron chi connectivity index (χ4n) is 2.51. The Morgan fingerprint density at radius 2 is 1.92 bits per heavy atom. The first kappa shape index (κ1) is 22.6. The van der Waals surface area contributed by atoms with Gasteiger partial charge in [0.25, 0.3) is 0 Å². The van der Waals surface area contributed by atoms with Gasteiger partial charge in [-0.15, -0.1) is 12.4 Å². The predicted octanol–water partition coefficient (Wildman–Crippen LogP) is 5.77. The van der Waals surface area contributed by atoms with E-state index in [0.717, 1.165) is 18.5 Å². The highest BCUT2D eigenvalue weighted by Crippen LogP contribution is 2.37. The summed E-state index contributed by atoms with van der Waals surface area (Å²) in [5.41, 5.74) is 1.50. The minimum absolute atomic E-state index is 0. The molecule has 144 valence electrons. The predicted molar refractivity (Wildman–Crippen MR) is 107 cm³/mol. The van der Waals surface area contributed by atoms with Crippen molar-refractivity contribution >= 4 is 24.0 Å². The van der Waals surface area contributed by atoms with E-state index < -0.39 is 0 Å². The Bertz CT molecular complexity index is 683. The zero-order valence-electron chi connectivity index (χ0n) is 15.2. The van der Waals surface area contributed by atoms with E-state index in [4.69, 9.17) is 21.1 Å². The summed E-state index contributed by atoms with van der Waals surface area (Å²) in [6, 6.07) is 10.3. The van der Waals surface area contributed by atoms with Gasteiger partial charge in [0.05, 0.1) is 12.1 Å². The molecule has 1 N–H and O–H groups in total. The van der Waals surface area contributed by atoms with Crippen molar-refractivity contribution in [3.63, 3.8) is 0 Å². The minimum Gasteiger partial charge on any atom is -0.493 e. The average Bonchev–Trinajstić information content (AvgIpc) is 2.61. The third-order valence-corrected chi connectivity index (χ3v) is 4.19. The Morgan fingerprint density at radius 3 is 2.62 bits per heavy atom. The summed E-state index contributed by atoms with van der Waals surface area (Å²) in [4.78, 5) is 0. The van der Waals surface area contributed by atoms with Gasteiger partial charge in [0.15, 0.2) is 11.5 Å². The number of ether oxygens (including phenoxy) is 2. The molecule has 26 heavy (non-hydrogen) atoms. The Labute approximate surface area is 166 Å². The quantitative estimate of drug-likeness (QED) is 0.512. The minimum atomic E-state index is -0.300. The maximum absolute atomic E-state index is 13.7. The fourth-order valence-corrected chi connectivity index (χ4v) is 2.80. The molecule has 2 rings (SSSR count). The van der Waals surface area contributed by atoms with E-state index in [9.17, 15) is 4.39 Å². The van der Waals surface area contributed by atoms with Gasteiger partial charge < -0.3 is 14.8 Å². The molecule has 0 amide bonds. The lowest BCUT2D eigenvalue weighted by Crippen LogP contribution is -2.14. The molecule has 0 saturated heterocycles. The molecule has 0 fully saturated rings. The lowest BCUT2D eigenvalue weighted by atomic mass is 10.2. The van der Waals surface area contributed by atoms with Crippen LogP contribution in [-0.2, 0) is 13.2 Å². The van der Waals surface area contributed by atoms with Crippen LogP contribution in [0.1, 0.15) is 37.3 Å². The second-order valence-electron chi connectivity index (χ2n) is 5.87. The summed E-state index contributed by atoms with van der Waals surface area (Å²) in [6.07, 6.45) is 3.58. The van der Waals surface area contributed by atoms with Crippen molar-refractivity contribution in [2.75, 3.05) is 13.7 Å². The highest BCUT2D eigenvalue weighted by atomic mass is 35.5. The molecular weight excluding hydrogens is 376 g/mol. The van der Waals surface area contributed by atoms with E-state index in [2.05, 4.69) is 12.2 Å². The van der Waals surface area contributed by atoms with E-state index >= 15 is 0 Å². The van der Waals surface area contributed by atoms with Crippen LogP contribution in [0, 0.1) is 5.82 Å². The summed E-state index contributed by atoms with van der Waals surface area (Å²) in [6.45, 7) is 3.97. The van der Waals surface area contributed by atoms with Gasteiger partial charge in [0, 0.05) is 12.1 Å². The lowest BCUT2D eigenvalue weighted by molar-refractivity contribution is 0.279. The number of halogens is 3. The first-order valence-electron chi connectivity index (χ1n) is 8.59. The molecule has 0 saturated carbocycles. The van der Waals surface area contributed by atoms with Crippen LogP contribution in [0.2, 0.25) is 5.02 Å². The van der Waals surface area contributed by atoms with E-state index in [-0.39, 0.29) is 24.8 Å². The van der Waals surface area contributed by atoms with Gasteiger partial charge >= 0.3 is 0 Å². The maximum atomic E-state index is 13.7. The van der Waals surface area contributed by atoms with Crippen LogP contribution in [0.5, 0.6) is 11.5 Å². The Morgan fingerprint density at radius 1 is 1.15 bits per heavy atom. The molecule has 0 aromatic heterocycles. The van der Waals surface area contributed by atoms with Gasteiger partial charge in [-0.2, -0.15) is 0 Å². The van der Waals surface area contributed by atoms with Crippen molar-refractivity contribution in [3.05, 3.63) is 58.4 Å². The second-order valence-corrected chi connectivity index (χ2v) is 6.28. The number of benzene rings is 2. The van der Waals surface area contributed by atoms with Gasteiger partial charge in [0.2, 0.25) is 0 Å². The average molecular weight is 402 g/mol. The van der Waals surface area contributed by atoms with Crippen molar-refractivity contribution < 1.29 is 13.9 Å². The highest BCUT2D eigenvalue weighted by Gasteiger charge is 2.13. The van der Waals surface area contributed by atoms with Crippen molar-refractivity contribution in [1.82, 2.24) is 5.32 Å². The standard InChI is InChI=1S/C20H25ClFNO2.ClH/c1-3-4-7-10-23-13-15-11-17(21)20(19(12-15)24-2)25-14-16-8-5-6-9-18(16)22;/h5-6,8-9,11-12,23H,3-4,7,10,13-14H2,1-2H3;1H. The summed E-state index contributed by atoms with van der Waals surface area (Å²) in [7, 11) is 1.57. The number of hydrogen-bond donors (Lipinski definition) is 1. The van der Waals surface area contributed by atoms with Crippen LogP contribution in [0.25, 0.3) is 0 Å². The number of nitrogens with one attached hydrogen (secondary N) is 1. The van der Waals surface area contributed by atoms with Crippen LogP contribution in [0.4, 0.5) is 4.39 Å². The number of unbranched alkanes of at least 4 members (excludes halogenated alkanes) is 2. The normalized spacial score (nSPS) is 10.3. The molecule has 0 heterocycles. The van der Waals surface area contributed by atoms with Gasteiger partial charge in [-0.3, -0.25) is 0 Å². The molecule has 0 spiro atoms. The van der Waals surface area contributed by atoms with E-state index in [1.54, 1.807) is 25.3 Å². The monoisotopic (exact) mass is 401 g/mol. The molecule has 0 bridgehead atoms. The third kappa shape index (κ3) is 6.67. The zero-order chi connectivity index (χ0) is 18.1. The second kappa shape index (κ2) is 12.0. The Balaban J connectivity index is 0.00000338.